The number of carbonyl (C=O) groups is 1. The van der Waals surface area contributed by atoms with Crippen LogP contribution in [0, 0.1) is 0 Å². The predicted molar refractivity (Wildman–Crippen MR) is 121 cm³/mol. The first-order chi connectivity index (χ1) is 15.1. The van der Waals surface area contributed by atoms with Crippen molar-refractivity contribution in [3.8, 4) is 17.2 Å². The van der Waals surface area contributed by atoms with E-state index in [0.29, 0.717) is 55.7 Å². The van der Waals surface area contributed by atoms with Gasteiger partial charge in [-0.25, -0.2) is 0 Å². The molecule has 3 rings (SSSR count). The quantitative estimate of drug-likeness (QED) is 0.384. The second-order valence-corrected chi connectivity index (χ2v) is 7.16. The van der Waals surface area contributed by atoms with Crippen molar-refractivity contribution in [1.29, 1.82) is 0 Å². The van der Waals surface area contributed by atoms with Crippen LogP contribution in [0.15, 0.2) is 41.4 Å². The van der Waals surface area contributed by atoms with Crippen molar-refractivity contribution in [2.75, 3.05) is 40.2 Å². The van der Waals surface area contributed by atoms with Crippen molar-refractivity contribution >= 4 is 17.6 Å². The number of methoxy groups -OCH3 is 3. The van der Waals surface area contributed by atoms with Crippen LogP contribution in [0.5, 0.6) is 17.2 Å². The van der Waals surface area contributed by atoms with Crippen LogP contribution in [0.4, 0.5) is 5.69 Å². The van der Waals surface area contributed by atoms with Gasteiger partial charge in [0, 0.05) is 50.9 Å². The van der Waals surface area contributed by atoms with Crippen molar-refractivity contribution < 1.29 is 19.0 Å². The molecule has 1 aliphatic rings. The lowest BCUT2D eigenvalue weighted by atomic mass is 10.1. The third kappa shape index (κ3) is 5.39. The molecule has 1 heterocycles. The standard InChI is InChI=1S/C23H30N4O4/c1-24-23(26-18-12-19(29-2)22(31-4)20(13-18)30-3)25-11-7-10-21(28)27-14-16-8-5-6-9-17(16)15-27/h5-6,8-9,12-13H,7,10-11,14-15H2,1-4H3,(H2,24,25,26). The Morgan fingerprint density at radius 1 is 1.03 bits per heavy atom. The number of nitrogens with zero attached hydrogens (tertiary/aromatic N) is 2. The van der Waals surface area contributed by atoms with Gasteiger partial charge in [0.1, 0.15) is 0 Å². The van der Waals surface area contributed by atoms with E-state index in [1.54, 1.807) is 28.4 Å². The Balaban J connectivity index is 1.49. The summed E-state index contributed by atoms with van der Waals surface area (Å²) in [6.45, 7) is 2.02. The van der Waals surface area contributed by atoms with Gasteiger partial charge in [-0.05, 0) is 17.5 Å². The predicted octanol–water partition coefficient (Wildman–Crippen LogP) is 3.02. The molecule has 0 aromatic heterocycles. The first-order valence-electron chi connectivity index (χ1n) is 10.2. The summed E-state index contributed by atoms with van der Waals surface area (Å²) >= 11 is 0. The highest BCUT2D eigenvalue weighted by molar-refractivity contribution is 5.94. The number of nitrogens with one attached hydrogen (secondary N) is 2. The molecule has 2 aromatic carbocycles. The van der Waals surface area contributed by atoms with Crippen LogP contribution < -0.4 is 24.8 Å². The molecule has 2 aromatic rings. The van der Waals surface area contributed by atoms with Crippen LogP contribution in [0.2, 0.25) is 0 Å². The molecular formula is C23H30N4O4. The van der Waals surface area contributed by atoms with Gasteiger partial charge in [-0.1, -0.05) is 24.3 Å². The lowest BCUT2D eigenvalue weighted by Crippen LogP contribution is -2.32. The van der Waals surface area contributed by atoms with Gasteiger partial charge in [0.2, 0.25) is 11.7 Å². The second-order valence-electron chi connectivity index (χ2n) is 7.16. The number of carbonyl (C=O) groups excluding carboxylic acids is 1. The number of amides is 1. The van der Waals surface area contributed by atoms with Crippen molar-refractivity contribution in [2.45, 2.75) is 25.9 Å². The van der Waals surface area contributed by atoms with Crippen LogP contribution >= 0.6 is 0 Å². The number of hydrogen-bond donors (Lipinski definition) is 2. The van der Waals surface area contributed by atoms with Crippen LogP contribution in [-0.4, -0.2) is 51.7 Å². The van der Waals surface area contributed by atoms with Gasteiger partial charge in [0.15, 0.2) is 17.5 Å². The van der Waals surface area contributed by atoms with Crippen molar-refractivity contribution in [1.82, 2.24) is 10.2 Å². The van der Waals surface area contributed by atoms with E-state index in [9.17, 15) is 4.79 Å². The van der Waals surface area contributed by atoms with E-state index >= 15 is 0 Å². The molecule has 8 nitrogen and oxygen atoms in total. The number of ether oxygens (including phenoxy) is 3. The van der Waals surface area contributed by atoms with E-state index in [0.717, 1.165) is 5.69 Å². The fourth-order valence-corrected chi connectivity index (χ4v) is 3.58. The third-order valence-corrected chi connectivity index (χ3v) is 5.20. The summed E-state index contributed by atoms with van der Waals surface area (Å²) in [5, 5.41) is 6.45. The fraction of sp³-hybridized carbons (Fsp3) is 0.391. The lowest BCUT2D eigenvalue weighted by molar-refractivity contribution is -0.131. The Morgan fingerprint density at radius 3 is 2.16 bits per heavy atom. The van der Waals surface area contributed by atoms with Gasteiger partial charge >= 0.3 is 0 Å². The van der Waals surface area contributed by atoms with Gasteiger partial charge in [-0.3, -0.25) is 9.79 Å². The minimum atomic E-state index is 0.172. The number of rotatable bonds is 8. The number of guanidine groups is 1. The molecule has 0 saturated carbocycles. The maximum Gasteiger partial charge on any atom is 0.223 e. The molecule has 0 bridgehead atoms. The molecule has 8 heteroatoms. The average Bonchev–Trinajstić information content (AvgIpc) is 3.24. The Labute approximate surface area is 183 Å². The SMILES string of the molecule is CN=C(NCCCC(=O)N1Cc2ccccc2C1)Nc1cc(OC)c(OC)c(OC)c1. The van der Waals surface area contributed by atoms with Crippen molar-refractivity contribution in [3.05, 3.63) is 47.5 Å². The zero-order valence-electron chi connectivity index (χ0n) is 18.5. The summed E-state index contributed by atoms with van der Waals surface area (Å²) in [6.07, 6.45) is 1.20. The number of benzene rings is 2. The van der Waals surface area contributed by atoms with E-state index in [2.05, 4.69) is 27.8 Å². The van der Waals surface area contributed by atoms with Crippen LogP contribution in [0.1, 0.15) is 24.0 Å². The monoisotopic (exact) mass is 426 g/mol. The number of aliphatic imine (C=N–C) groups is 1. The Bertz CT molecular complexity index is 895. The normalized spacial score (nSPS) is 12.9. The molecular weight excluding hydrogens is 396 g/mol. The molecule has 0 radical (unpaired) electrons. The smallest absolute Gasteiger partial charge is 0.223 e. The molecule has 31 heavy (non-hydrogen) atoms. The maximum absolute atomic E-state index is 12.5. The minimum Gasteiger partial charge on any atom is -0.493 e. The number of hydrogen-bond acceptors (Lipinski definition) is 5. The zero-order chi connectivity index (χ0) is 22.2. The molecule has 166 valence electrons. The molecule has 1 aliphatic heterocycles. The first-order valence-corrected chi connectivity index (χ1v) is 10.2. The molecule has 0 unspecified atom stereocenters. The molecule has 1 amide bonds. The topological polar surface area (TPSA) is 84.4 Å². The highest BCUT2D eigenvalue weighted by atomic mass is 16.5. The van der Waals surface area contributed by atoms with Crippen LogP contribution in [0.25, 0.3) is 0 Å². The Morgan fingerprint density at radius 2 is 1.65 bits per heavy atom. The highest BCUT2D eigenvalue weighted by Gasteiger charge is 2.22. The van der Waals surface area contributed by atoms with Gasteiger partial charge in [0.25, 0.3) is 0 Å². The Hall–Kier alpha value is -3.42. The van der Waals surface area contributed by atoms with Gasteiger partial charge in [-0.15, -0.1) is 0 Å². The minimum absolute atomic E-state index is 0.172. The molecule has 0 spiro atoms. The fourth-order valence-electron chi connectivity index (χ4n) is 3.58. The summed E-state index contributed by atoms with van der Waals surface area (Å²) in [7, 11) is 6.41. The van der Waals surface area contributed by atoms with E-state index in [4.69, 9.17) is 14.2 Å². The second kappa shape index (κ2) is 10.6. The molecule has 0 aliphatic carbocycles. The summed E-state index contributed by atoms with van der Waals surface area (Å²) in [6, 6.07) is 11.8. The number of anilines is 1. The van der Waals surface area contributed by atoms with Gasteiger partial charge in [-0.2, -0.15) is 0 Å². The van der Waals surface area contributed by atoms with Crippen molar-refractivity contribution in [3.63, 3.8) is 0 Å². The maximum atomic E-state index is 12.5. The Kier molecular flexibility index (Phi) is 7.59. The molecule has 0 fully saturated rings. The molecule has 0 saturated heterocycles. The summed E-state index contributed by atoms with van der Waals surface area (Å²) in [5.74, 6) is 2.40. The molecule has 2 N–H and O–H groups in total. The number of fused-ring (bicyclic) bond motifs is 1. The van der Waals surface area contributed by atoms with E-state index < -0.39 is 0 Å². The van der Waals surface area contributed by atoms with Crippen LogP contribution in [-0.2, 0) is 17.9 Å². The van der Waals surface area contributed by atoms with E-state index in [-0.39, 0.29) is 5.91 Å². The van der Waals surface area contributed by atoms with Crippen LogP contribution in [0.3, 0.4) is 0 Å². The molecule has 0 atom stereocenters. The summed E-state index contributed by atoms with van der Waals surface area (Å²) < 4.78 is 16.1. The summed E-state index contributed by atoms with van der Waals surface area (Å²) in [4.78, 5) is 18.7. The summed E-state index contributed by atoms with van der Waals surface area (Å²) in [5.41, 5.74) is 3.22. The van der Waals surface area contributed by atoms with Crippen molar-refractivity contribution in [2.24, 2.45) is 4.99 Å². The zero-order valence-corrected chi connectivity index (χ0v) is 18.5. The lowest BCUT2D eigenvalue weighted by Gasteiger charge is -2.17. The largest absolute Gasteiger partial charge is 0.493 e. The third-order valence-electron chi connectivity index (χ3n) is 5.20. The first kappa shape index (κ1) is 22.3. The van der Waals surface area contributed by atoms with E-state index in [1.165, 1.54) is 11.1 Å². The van der Waals surface area contributed by atoms with Gasteiger partial charge in [0.05, 0.1) is 21.3 Å². The van der Waals surface area contributed by atoms with Gasteiger partial charge < -0.3 is 29.7 Å². The highest BCUT2D eigenvalue weighted by Crippen LogP contribution is 2.39. The average molecular weight is 427 g/mol. The van der Waals surface area contributed by atoms with E-state index in [1.807, 2.05) is 29.2 Å².